The monoisotopic (exact) mass is 1030 g/mol. The van der Waals surface area contributed by atoms with Gasteiger partial charge in [-0.05, 0) is 24.3 Å². The third-order valence-electron chi connectivity index (χ3n) is 12.3. The molecule has 0 saturated carbocycles. The highest BCUT2D eigenvalue weighted by Crippen LogP contribution is 2.30. The average Bonchev–Trinajstić information content (AvgIpc) is 4.05. The first-order chi connectivity index (χ1) is 38.8. The number of imidazole rings is 2. The normalized spacial score (nSPS) is 15.4. The molecule has 2 aliphatic rings. The van der Waals surface area contributed by atoms with E-state index in [1.807, 2.05) is 97.1 Å². The number of carbonyl (C=O) groups is 4. The van der Waals surface area contributed by atoms with E-state index >= 15 is 0 Å². The maximum atomic E-state index is 14.8. The van der Waals surface area contributed by atoms with E-state index in [4.69, 9.17) is 18.6 Å². The SMILES string of the molecule is COc1ccc2nc(-c3ccccc3)c(C(=O)N[C@H]3N=C(c4ccccc4)c4cccc(F)c4NC3=O)n2n1.[2H]C([2H])([2H])Oc1ccc2nc(-c3ccccc3)c(C(=O)N[C@H]3N=C(c4ccccc4)c4ccccc4NC3=O)n2n1. The zero-order valence-electron chi connectivity index (χ0n) is 43.5. The minimum absolute atomic E-state index is 0.00645. The van der Waals surface area contributed by atoms with Crippen LogP contribution in [0.1, 0.15) is 47.3 Å². The lowest BCUT2D eigenvalue weighted by molar-refractivity contribution is -0.118. The van der Waals surface area contributed by atoms with Gasteiger partial charge in [-0.2, -0.15) is 0 Å². The number of hydrogen-bond donors (Lipinski definition) is 4. The van der Waals surface area contributed by atoms with Crippen LogP contribution in [0.4, 0.5) is 15.8 Å². The number of carbonyl (C=O) groups excluding carboxylic acids is 4. The summed E-state index contributed by atoms with van der Waals surface area (Å²) in [4.78, 5) is 72.9. The van der Waals surface area contributed by atoms with Crippen molar-refractivity contribution in [2.24, 2.45) is 9.98 Å². The fourth-order valence-electron chi connectivity index (χ4n) is 8.79. The van der Waals surface area contributed by atoms with Crippen LogP contribution in [0.25, 0.3) is 33.8 Å². The standard InChI is InChI=1S/C29H21FN6O3.C29H22N6O3/c1-39-22-16-15-21-31-24(18-11-6-3-7-12-18)26(36(21)35-22)28(37)34-27-29(38)33-25-19(13-8-14-20(25)30)23(32-27)17-9-4-2-5-10-17;1-38-23-17-16-22-31-25(19-12-6-3-7-13-19)26(35(22)34-23)28(36)33-27-29(37)30-21-15-9-8-14-20(21)24(32-27)18-10-4-2-5-11-18/h2-16,27H,1H3,(H,33,38)(H,34,37);2-17,27H,1H3,(H,30,37)(H,33,36)/t2*27-/m11/s1/i;1D3. The number of halogens is 1. The first-order valence-electron chi connectivity index (χ1n) is 25.3. The summed E-state index contributed by atoms with van der Waals surface area (Å²) in [5, 5.41) is 19.5. The predicted octanol–water partition coefficient (Wildman–Crippen LogP) is 8.04. The van der Waals surface area contributed by atoms with Crippen molar-refractivity contribution < 1.29 is 37.2 Å². The number of fused-ring (bicyclic) bond motifs is 4. The van der Waals surface area contributed by atoms with Gasteiger partial charge in [0.05, 0.1) is 41.1 Å². The van der Waals surface area contributed by atoms with E-state index in [1.54, 1.807) is 72.8 Å². The van der Waals surface area contributed by atoms with Crippen molar-refractivity contribution in [2.45, 2.75) is 12.3 Å². The third-order valence-corrected chi connectivity index (χ3v) is 12.3. The zero-order chi connectivity index (χ0) is 55.5. The molecule has 0 fully saturated rings. The summed E-state index contributed by atoms with van der Waals surface area (Å²) in [5.41, 5.74) is 6.67. The van der Waals surface area contributed by atoms with Crippen LogP contribution < -0.4 is 30.7 Å². The number of hydrogen-bond acceptors (Lipinski definition) is 12. The second-order valence-electron chi connectivity index (χ2n) is 17.2. The summed E-state index contributed by atoms with van der Waals surface area (Å²) in [6.45, 7) is 0. The number of aliphatic imine (C=N–C) groups is 2. The zero-order valence-corrected chi connectivity index (χ0v) is 40.5. The van der Waals surface area contributed by atoms with Gasteiger partial charge in [0, 0.05) is 45.5 Å². The molecule has 4 amide bonds. The molecule has 6 aromatic carbocycles. The number of amides is 4. The number of aromatic nitrogens is 6. The highest BCUT2D eigenvalue weighted by Gasteiger charge is 2.33. The minimum Gasteiger partial charge on any atom is -0.480 e. The van der Waals surface area contributed by atoms with Gasteiger partial charge in [-0.15, -0.1) is 10.2 Å². The van der Waals surface area contributed by atoms with Crippen LogP contribution in [-0.4, -0.2) is 90.7 Å². The Labute approximate surface area is 442 Å². The summed E-state index contributed by atoms with van der Waals surface area (Å²) in [5.74, 6) is -3.14. The van der Waals surface area contributed by atoms with Crippen LogP contribution in [0.5, 0.6) is 11.8 Å². The Hall–Kier alpha value is -10.7. The van der Waals surface area contributed by atoms with Gasteiger partial charge in [-0.1, -0.05) is 152 Å². The number of anilines is 2. The van der Waals surface area contributed by atoms with Crippen LogP contribution in [0, 0.1) is 5.82 Å². The maximum absolute atomic E-state index is 14.8. The van der Waals surface area contributed by atoms with Gasteiger partial charge in [-0.3, -0.25) is 19.2 Å². The Balaban J connectivity index is 0.000000169. The molecule has 0 saturated heterocycles. The number of nitrogens with zero attached hydrogens (tertiary/aromatic N) is 8. The summed E-state index contributed by atoms with van der Waals surface area (Å²) in [6.07, 6.45) is -2.68. The number of nitrogens with one attached hydrogen (secondary N) is 4. The molecule has 12 rings (SSSR count). The molecule has 2 aliphatic heterocycles. The number of ether oxygens (including phenoxy) is 2. The van der Waals surface area contributed by atoms with Crippen molar-refractivity contribution >= 4 is 57.7 Å². The first kappa shape index (κ1) is 45.0. The molecule has 2 atom stereocenters. The molecule has 0 radical (unpaired) electrons. The summed E-state index contributed by atoms with van der Waals surface area (Å²) >= 11 is 0. The molecule has 18 nitrogen and oxygen atoms in total. The number of methoxy groups -OCH3 is 2. The van der Waals surface area contributed by atoms with Gasteiger partial charge in [0.1, 0.15) is 17.2 Å². The molecule has 6 heterocycles. The summed E-state index contributed by atoms with van der Waals surface area (Å²) in [6, 6.07) is 54.4. The first-order valence-corrected chi connectivity index (χ1v) is 23.8. The van der Waals surface area contributed by atoms with E-state index in [2.05, 4.69) is 46.4 Å². The van der Waals surface area contributed by atoms with Crippen molar-refractivity contribution in [3.05, 3.63) is 228 Å². The molecule has 0 spiro atoms. The van der Waals surface area contributed by atoms with Crippen molar-refractivity contribution in [3.8, 4) is 34.3 Å². The van der Waals surface area contributed by atoms with Gasteiger partial charge < -0.3 is 30.7 Å². The molecule has 4 aromatic heterocycles. The lowest BCUT2D eigenvalue weighted by atomic mass is 10.0. The molecular weight excluding hydrogens is 980 g/mol. The van der Waals surface area contributed by atoms with Crippen LogP contribution >= 0.6 is 0 Å². The van der Waals surface area contributed by atoms with Crippen LogP contribution in [-0.2, 0) is 9.59 Å². The molecule has 77 heavy (non-hydrogen) atoms. The van der Waals surface area contributed by atoms with E-state index in [0.717, 1.165) is 5.56 Å². The fourth-order valence-corrected chi connectivity index (χ4v) is 8.79. The number of benzene rings is 6. The van der Waals surface area contributed by atoms with Crippen molar-refractivity contribution in [1.29, 1.82) is 0 Å². The number of rotatable bonds is 10. The highest BCUT2D eigenvalue weighted by molar-refractivity contribution is 6.21. The molecule has 0 unspecified atom stereocenters. The summed E-state index contributed by atoms with van der Waals surface area (Å²) < 4.78 is 49.9. The topological polar surface area (TPSA) is 220 Å². The number of benzodiazepines with no additional fused rings is 2. The largest absolute Gasteiger partial charge is 0.480 e. The lowest BCUT2D eigenvalue weighted by Crippen LogP contribution is -2.43. The fraction of sp³-hybridized carbons (Fsp3) is 0.0690. The van der Waals surface area contributed by atoms with Gasteiger partial charge >= 0.3 is 0 Å². The Morgan fingerprint density at radius 1 is 0.532 bits per heavy atom. The molecule has 19 heteroatoms. The number of para-hydroxylation sites is 2. The van der Waals surface area contributed by atoms with Gasteiger partial charge in [0.15, 0.2) is 22.7 Å². The minimum atomic E-state index is -2.75. The van der Waals surface area contributed by atoms with Crippen LogP contribution in [0.15, 0.2) is 198 Å². The Morgan fingerprint density at radius 3 is 1.48 bits per heavy atom. The van der Waals surface area contributed by atoms with Crippen molar-refractivity contribution in [3.63, 3.8) is 0 Å². The molecule has 4 N–H and O–H groups in total. The second kappa shape index (κ2) is 21.0. The molecule has 0 bridgehead atoms. The van der Waals surface area contributed by atoms with Crippen molar-refractivity contribution in [1.82, 2.24) is 39.8 Å². The molecular formula is C58H43FN12O6. The molecule has 0 aliphatic carbocycles. The predicted molar refractivity (Wildman–Crippen MR) is 287 cm³/mol. The van der Waals surface area contributed by atoms with Crippen molar-refractivity contribution in [2.75, 3.05) is 24.8 Å². The third kappa shape index (κ3) is 9.70. The summed E-state index contributed by atoms with van der Waals surface area (Å²) in [7, 11) is -1.28. The van der Waals surface area contributed by atoms with E-state index in [-0.39, 0.29) is 40.2 Å². The van der Waals surface area contributed by atoms with Crippen LogP contribution in [0.2, 0.25) is 0 Å². The molecule has 378 valence electrons. The van der Waals surface area contributed by atoms with Gasteiger partial charge in [0.2, 0.25) is 24.1 Å². The molecule has 10 aromatic rings. The average molecular weight is 1030 g/mol. The van der Waals surface area contributed by atoms with E-state index in [9.17, 15) is 23.6 Å². The maximum Gasteiger partial charge on any atom is 0.274 e. The van der Waals surface area contributed by atoms with E-state index < -0.39 is 48.8 Å². The smallest absolute Gasteiger partial charge is 0.274 e. The lowest BCUT2D eigenvalue weighted by Gasteiger charge is -2.14. The second-order valence-corrected chi connectivity index (χ2v) is 17.2. The van der Waals surface area contributed by atoms with E-state index in [1.165, 1.54) is 34.3 Å². The Kier molecular flexibility index (Phi) is 12.3. The van der Waals surface area contributed by atoms with E-state index in [0.29, 0.717) is 56.3 Å². The Morgan fingerprint density at radius 2 is 0.974 bits per heavy atom. The van der Waals surface area contributed by atoms with Gasteiger partial charge in [0.25, 0.3) is 23.6 Å². The van der Waals surface area contributed by atoms with Gasteiger partial charge in [-0.25, -0.2) is 33.4 Å². The highest BCUT2D eigenvalue weighted by atomic mass is 19.1. The van der Waals surface area contributed by atoms with Crippen LogP contribution in [0.3, 0.4) is 0 Å². The Bertz CT molecular complexity index is 4090. The quantitative estimate of drug-likeness (QED) is 0.103.